The number of aromatic hydroxyl groups is 1. The lowest BCUT2D eigenvalue weighted by Gasteiger charge is -2.45. The third kappa shape index (κ3) is 4.01. The van der Waals surface area contributed by atoms with E-state index in [0.717, 1.165) is 18.7 Å². The molecule has 6 rings (SSSR count). The van der Waals surface area contributed by atoms with Crippen molar-refractivity contribution in [2.45, 2.75) is 56.7 Å². The molecule has 3 aliphatic heterocycles. The molecule has 2 saturated heterocycles. The largest absolute Gasteiger partial charge is 0.507 e. The second-order valence-corrected chi connectivity index (χ2v) is 10.4. The third-order valence-corrected chi connectivity index (χ3v) is 7.50. The van der Waals surface area contributed by atoms with Crippen molar-refractivity contribution in [3.63, 3.8) is 0 Å². The van der Waals surface area contributed by atoms with Gasteiger partial charge in [0.05, 0.1) is 17.5 Å². The Morgan fingerprint density at radius 2 is 1.77 bits per heavy atom. The second kappa shape index (κ2) is 8.01. The van der Waals surface area contributed by atoms with Crippen molar-refractivity contribution in [2.24, 2.45) is 0 Å². The quantitative estimate of drug-likeness (QED) is 0.583. The van der Waals surface area contributed by atoms with Gasteiger partial charge in [-0.1, -0.05) is 6.07 Å². The van der Waals surface area contributed by atoms with E-state index in [1.165, 1.54) is 12.8 Å². The van der Waals surface area contributed by atoms with Gasteiger partial charge in [-0.3, -0.25) is 0 Å². The molecule has 2 N–H and O–H groups in total. The minimum Gasteiger partial charge on any atom is -0.507 e. The zero-order valence-electron chi connectivity index (χ0n) is 20.2. The molecule has 10 heteroatoms. The van der Waals surface area contributed by atoms with Gasteiger partial charge < -0.3 is 24.8 Å². The van der Waals surface area contributed by atoms with Gasteiger partial charge in [-0.05, 0) is 51.7 Å². The maximum Gasteiger partial charge on any atom is 0.276 e. The van der Waals surface area contributed by atoms with Crippen LogP contribution < -0.4 is 19.7 Å². The molecular weight excluding hydrogens is 446 g/mol. The fraction of sp³-hybridized carbons (Fsp3) is 0.480. The number of rotatable bonds is 4. The van der Waals surface area contributed by atoms with Crippen molar-refractivity contribution in [3.8, 4) is 40.0 Å². The van der Waals surface area contributed by atoms with Crippen LogP contribution in [0, 0.1) is 0 Å². The van der Waals surface area contributed by atoms with E-state index in [1.807, 2.05) is 6.07 Å². The van der Waals surface area contributed by atoms with E-state index in [9.17, 15) is 5.11 Å². The average Bonchev–Trinajstić information content (AvgIpc) is 3.09. The number of piperidine rings is 1. The molecule has 1 unspecified atom stereocenters. The van der Waals surface area contributed by atoms with E-state index in [2.05, 4.69) is 56.5 Å². The van der Waals surface area contributed by atoms with Crippen LogP contribution in [-0.2, 0) is 0 Å². The van der Waals surface area contributed by atoms with Crippen LogP contribution in [0.5, 0.6) is 17.4 Å². The molecule has 0 radical (unpaired) electrons. The minimum absolute atomic E-state index is 0.0397. The third-order valence-electron chi connectivity index (χ3n) is 7.50. The van der Waals surface area contributed by atoms with Crippen LogP contribution in [0.2, 0.25) is 0 Å². The summed E-state index contributed by atoms with van der Waals surface area (Å²) < 4.78 is 11.0. The van der Waals surface area contributed by atoms with Crippen LogP contribution in [0.3, 0.4) is 0 Å². The van der Waals surface area contributed by atoms with Crippen molar-refractivity contribution in [1.82, 2.24) is 30.7 Å². The number of nitrogens with one attached hydrogen (secondary N) is 1. The van der Waals surface area contributed by atoms with Gasteiger partial charge in [-0.15, -0.1) is 20.4 Å². The lowest BCUT2D eigenvalue weighted by Crippen LogP contribution is -2.58. The SMILES string of the molecule is CN(c1cnc(-c2ccc(-c3cc4c(nn3)OCCO4)cc2O)nn1)C1C[C@]2(C)CC[C@](C)(C1)N2. The monoisotopic (exact) mass is 475 g/mol. The molecule has 0 amide bonds. The van der Waals surface area contributed by atoms with Crippen molar-refractivity contribution >= 4 is 5.82 Å². The number of benzene rings is 1. The summed E-state index contributed by atoms with van der Waals surface area (Å²) in [5.41, 5.74) is 2.11. The maximum atomic E-state index is 10.7. The number of nitrogens with zero attached hydrogens (tertiary/aromatic N) is 6. The number of phenols is 1. The first-order valence-corrected chi connectivity index (χ1v) is 12.0. The summed E-state index contributed by atoms with van der Waals surface area (Å²) in [7, 11) is 2.06. The molecule has 35 heavy (non-hydrogen) atoms. The molecule has 2 bridgehead atoms. The number of hydrogen-bond acceptors (Lipinski definition) is 10. The Balaban J connectivity index is 1.21. The van der Waals surface area contributed by atoms with Crippen LogP contribution in [0.25, 0.3) is 22.6 Å². The summed E-state index contributed by atoms with van der Waals surface area (Å²) in [6.45, 7) is 5.55. The van der Waals surface area contributed by atoms with Crippen LogP contribution in [0.15, 0.2) is 30.5 Å². The van der Waals surface area contributed by atoms with Crippen LogP contribution >= 0.6 is 0 Å². The van der Waals surface area contributed by atoms with Crippen molar-refractivity contribution in [2.75, 3.05) is 25.2 Å². The number of phenolic OH excluding ortho intramolecular Hbond substituents is 1. The van der Waals surface area contributed by atoms with Crippen LogP contribution in [0.1, 0.15) is 39.5 Å². The number of fused-ring (bicyclic) bond motifs is 3. The summed E-state index contributed by atoms with van der Waals surface area (Å²) in [6, 6.07) is 7.34. The van der Waals surface area contributed by atoms with E-state index >= 15 is 0 Å². The van der Waals surface area contributed by atoms with Gasteiger partial charge in [0.15, 0.2) is 17.4 Å². The molecule has 0 aliphatic carbocycles. The Morgan fingerprint density at radius 3 is 2.49 bits per heavy atom. The van der Waals surface area contributed by atoms with E-state index in [-0.39, 0.29) is 16.8 Å². The van der Waals surface area contributed by atoms with Crippen molar-refractivity contribution in [3.05, 3.63) is 30.5 Å². The molecule has 2 fully saturated rings. The lowest BCUT2D eigenvalue weighted by molar-refractivity contribution is 0.162. The van der Waals surface area contributed by atoms with Crippen molar-refractivity contribution in [1.29, 1.82) is 0 Å². The number of ether oxygens (including phenoxy) is 2. The number of hydrogen-bond donors (Lipinski definition) is 2. The number of aromatic nitrogens is 5. The van der Waals surface area contributed by atoms with Gasteiger partial charge in [0.2, 0.25) is 0 Å². The fourth-order valence-electron chi connectivity index (χ4n) is 5.72. The predicted octanol–water partition coefficient (Wildman–Crippen LogP) is 2.97. The molecule has 10 nitrogen and oxygen atoms in total. The number of anilines is 1. The Hall–Kier alpha value is -3.53. The van der Waals surface area contributed by atoms with E-state index in [0.29, 0.717) is 53.5 Å². The Morgan fingerprint density at radius 1 is 1.00 bits per heavy atom. The first-order chi connectivity index (χ1) is 16.8. The second-order valence-electron chi connectivity index (χ2n) is 10.4. The summed E-state index contributed by atoms with van der Waals surface area (Å²) in [6.07, 6.45) is 6.26. The van der Waals surface area contributed by atoms with E-state index in [4.69, 9.17) is 9.47 Å². The Kier molecular flexibility index (Phi) is 5.03. The van der Waals surface area contributed by atoms with Crippen LogP contribution in [-0.4, -0.2) is 67.9 Å². The van der Waals surface area contributed by atoms with Gasteiger partial charge in [0.1, 0.15) is 19.0 Å². The minimum atomic E-state index is 0.0397. The maximum absolute atomic E-state index is 10.7. The van der Waals surface area contributed by atoms with Gasteiger partial charge >= 0.3 is 0 Å². The normalized spacial score (nSPS) is 27.0. The average molecular weight is 476 g/mol. The highest BCUT2D eigenvalue weighted by molar-refractivity contribution is 5.72. The first-order valence-electron chi connectivity index (χ1n) is 12.0. The highest BCUT2D eigenvalue weighted by atomic mass is 16.6. The summed E-state index contributed by atoms with van der Waals surface area (Å²) in [5.74, 6) is 2.06. The molecule has 1 aromatic carbocycles. The molecule has 2 aromatic heterocycles. The molecular formula is C25H29N7O3. The summed E-state index contributed by atoms with van der Waals surface area (Å²) >= 11 is 0. The van der Waals surface area contributed by atoms with Crippen LogP contribution in [0.4, 0.5) is 5.82 Å². The predicted molar refractivity (Wildman–Crippen MR) is 130 cm³/mol. The molecule has 3 aliphatic rings. The Bertz CT molecular complexity index is 1250. The lowest BCUT2D eigenvalue weighted by atomic mass is 9.84. The van der Waals surface area contributed by atoms with Gasteiger partial charge in [0.25, 0.3) is 5.88 Å². The molecule has 3 atom stereocenters. The Labute approximate surface area is 203 Å². The molecule has 0 spiro atoms. The molecule has 0 saturated carbocycles. The van der Waals surface area contributed by atoms with Gasteiger partial charge in [0, 0.05) is 35.8 Å². The van der Waals surface area contributed by atoms with Crippen molar-refractivity contribution < 1.29 is 14.6 Å². The molecule has 3 aromatic rings. The topological polar surface area (TPSA) is 118 Å². The van der Waals surface area contributed by atoms with E-state index < -0.39 is 0 Å². The molecule has 182 valence electrons. The zero-order valence-corrected chi connectivity index (χ0v) is 20.2. The highest BCUT2D eigenvalue weighted by Crippen LogP contribution is 2.43. The summed E-state index contributed by atoms with van der Waals surface area (Å²) in [5, 5.41) is 31.6. The zero-order chi connectivity index (χ0) is 24.2. The highest BCUT2D eigenvalue weighted by Gasteiger charge is 2.49. The van der Waals surface area contributed by atoms with Gasteiger partial charge in [-0.25, -0.2) is 4.98 Å². The summed E-state index contributed by atoms with van der Waals surface area (Å²) in [4.78, 5) is 6.71. The smallest absolute Gasteiger partial charge is 0.276 e. The fourth-order valence-corrected chi connectivity index (χ4v) is 5.72. The van der Waals surface area contributed by atoms with Gasteiger partial charge in [-0.2, -0.15) is 0 Å². The first kappa shape index (κ1) is 22.0. The van der Waals surface area contributed by atoms with E-state index in [1.54, 1.807) is 24.4 Å². The standard InChI is InChI=1S/C25H29N7O3/c1-24-6-7-25(2,31-24)13-16(12-24)32(3)21-14-26-22(29-28-21)17-5-4-15(10-19(17)33)18-11-20-23(30-27-18)35-9-8-34-20/h4-5,10-11,14,16,31,33H,6-9,12-13H2,1-3H3/t16?,24-,25+. The molecule has 5 heterocycles.